The molecule has 0 saturated heterocycles. The number of rotatable bonds is 1. The Hall–Kier alpha value is -1.50. The molecule has 0 fully saturated rings. The fourth-order valence-corrected chi connectivity index (χ4v) is 1.65. The van der Waals surface area contributed by atoms with E-state index < -0.39 is 0 Å². The molecule has 0 unspecified atom stereocenters. The first-order valence-corrected chi connectivity index (χ1v) is 5.29. The molecule has 2 aromatic rings. The van der Waals surface area contributed by atoms with E-state index in [4.69, 9.17) is 28.5 Å². The molecule has 0 bridgehead atoms. The third kappa shape index (κ3) is 1.90. The first kappa shape index (κ1) is 11.0. The molecule has 0 aliphatic heterocycles. The summed E-state index contributed by atoms with van der Waals surface area (Å²) in [6.45, 7) is 1.80. The average molecular weight is 252 g/mol. The number of nitriles is 1. The highest BCUT2D eigenvalue weighted by Gasteiger charge is 2.08. The van der Waals surface area contributed by atoms with Gasteiger partial charge in [-0.3, -0.25) is 0 Å². The largest absolute Gasteiger partial charge is 0.238 e. The van der Waals surface area contributed by atoms with Crippen LogP contribution in [0.4, 0.5) is 0 Å². The second-order valence-corrected chi connectivity index (χ2v) is 4.12. The normalized spacial score (nSPS) is 10.1. The molecule has 16 heavy (non-hydrogen) atoms. The van der Waals surface area contributed by atoms with E-state index in [9.17, 15) is 0 Å². The van der Waals surface area contributed by atoms with Crippen LogP contribution in [0, 0.1) is 18.3 Å². The van der Waals surface area contributed by atoms with Crippen LogP contribution in [0.25, 0.3) is 5.69 Å². The summed E-state index contributed by atoms with van der Waals surface area (Å²) >= 11 is 11.8. The summed E-state index contributed by atoms with van der Waals surface area (Å²) in [5.74, 6) is 0. The van der Waals surface area contributed by atoms with Gasteiger partial charge in [0.15, 0.2) is 0 Å². The SMILES string of the molecule is Cc1nn(-c2cc(Cl)ccc2C#N)cc1Cl. The third-order valence-electron chi connectivity index (χ3n) is 2.17. The van der Waals surface area contributed by atoms with Crippen LogP contribution in [0.15, 0.2) is 24.4 Å². The van der Waals surface area contributed by atoms with Crippen molar-refractivity contribution in [3.8, 4) is 11.8 Å². The zero-order chi connectivity index (χ0) is 11.7. The van der Waals surface area contributed by atoms with Gasteiger partial charge >= 0.3 is 0 Å². The molecule has 0 atom stereocenters. The quantitative estimate of drug-likeness (QED) is 0.780. The molecule has 80 valence electrons. The first-order chi connectivity index (χ1) is 7.61. The van der Waals surface area contributed by atoms with Crippen molar-refractivity contribution < 1.29 is 0 Å². The maximum absolute atomic E-state index is 8.98. The molecule has 0 radical (unpaired) electrons. The Kier molecular flexibility index (Phi) is 2.86. The molecule has 0 amide bonds. The number of benzene rings is 1. The fourth-order valence-electron chi connectivity index (χ4n) is 1.35. The Bertz CT molecular complexity index is 562. The predicted octanol–water partition coefficient (Wildman–Crippen LogP) is 3.36. The number of aromatic nitrogens is 2. The number of hydrogen-bond donors (Lipinski definition) is 0. The first-order valence-electron chi connectivity index (χ1n) is 4.53. The van der Waals surface area contributed by atoms with Crippen LogP contribution in [0.2, 0.25) is 10.0 Å². The minimum Gasteiger partial charge on any atom is -0.238 e. The maximum atomic E-state index is 8.98. The maximum Gasteiger partial charge on any atom is 0.101 e. The summed E-state index contributed by atoms with van der Waals surface area (Å²) in [5, 5.41) is 14.3. The van der Waals surface area contributed by atoms with Crippen LogP contribution in [0.5, 0.6) is 0 Å². The molecule has 2 rings (SSSR count). The highest BCUT2D eigenvalue weighted by atomic mass is 35.5. The summed E-state index contributed by atoms with van der Waals surface area (Å²) < 4.78 is 1.56. The number of aryl methyl sites for hydroxylation is 1. The monoisotopic (exact) mass is 251 g/mol. The minimum absolute atomic E-state index is 0.503. The van der Waals surface area contributed by atoms with Gasteiger partial charge < -0.3 is 0 Å². The van der Waals surface area contributed by atoms with E-state index in [-0.39, 0.29) is 0 Å². The fraction of sp³-hybridized carbons (Fsp3) is 0.0909. The number of nitrogens with zero attached hydrogens (tertiary/aromatic N) is 3. The molecule has 1 aromatic carbocycles. The van der Waals surface area contributed by atoms with E-state index in [0.717, 1.165) is 0 Å². The van der Waals surface area contributed by atoms with Gasteiger partial charge in [-0.2, -0.15) is 10.4 Å². The molecule has 1 aromatic heterocycles. The lowest BCUT2D eigenvalue weighted by Crippen LogP contribution is -1.98. The molecule has 0 N–H and O–H groups in total. The molecule has 0 spiro atoms. The standard InChI is InChI=1S/C11H7Cl2N3/c1-7-10(13)6-16(15-7)11-4-9(12)3-2-8(11)5-14/h2-4,6H,1H3. The smallest absolute Gasteiger partial charge is 0.101 e. The molecule has 1 heterocycles. The van der Waals surface area contributed by atoms with Crippen molar-refractivity contribution in [2.75, 3.05) is 0 Å². The number of hydrogen-bond acceptors (Lipinski definition) is 2. The third-order valence-corrected chi connectivity index (χ3v) is 2.77. The van der Waals surface area contributed by atoms with Crippen molar-refractivity contribution in [2.45, 2.75) is 6.92 Å². The van der Waals surface area contributed by atoms with Gasteiger partial charge in [0.2, 0.25) is 0 Å². The predicted molar refractivity (Wildman–Crippen MR) is 63.0 cm³/mol. The van der Waals surface area contributed by atoms with Crippen LogP contribution in [0.1, 0.15) is 11.3 Å². The van der Waals surface area contributed by atoms with Crippen molar-refractivity contribution in [1.29, 1.82) is 5.26 Å². The van der Waals surface area contributed by atoms with Gasteiger partial charge in [-0.05, 0) is 25.1 Å². The van der Waals surface area contributed by atoms with E-state index in [2.05, 4.69) is 11.2 Å². The zero-order valence-corrected chi connectivity index (χ0v) is 9.92. The second kappa shape index (κ2) is 4.17. The topological polar surface area (TPSA) is 41.6 Å². The lowest BCUT2D eigenvalue weighted by molar-refractivity contribution is 0.860. The molecule has 5 heteroatoms. The van der Waals surface area contributed by atoms with Crippen LogP contribution in [0.3, 0.4) is 0 Å². The second-order valence-electron chi connectivity index (χ2n) is 3.28. The van der Waals surface area contributed by atoms with Crippen molar-refractivity contribution in [1.82, 2.24) is 9.78 Å². The van der Waals surface area contributed by atoms with Crippen LogP contribution < -0.4 is 0 Å². The molecule has 0 saturated carbocycles. The Balaban J connectivity index is 2.63. The van der Waals surface area contributed by atoms with Crippen LogP contribution >= 0.6 is 23.2 Å². The Morgan fingerprint density at radius 3 is 2.69 bits per heavy atom. The lowest BCUT2D eigenvalue weighted by Gasteiger charge is -2.03. The van der Waals surface area contributed by atoms with Gasteiger partial charge in [0.05, 0.1) is 22.0 Å². The summed E-state index contributed by atoms with van der Waals surface area (Å²) in [6, 6.07) is 7.09. The van der Waals surface area contributed by atoms with Crippen molar-refractivity contribution in [3.63, 3.8) is 0 Å². The molecule has 3 nitrogen and oxygen atoms in total. The van der Waals surface area contributed by atoms with Gasteiger partial charge in [0, 0.05) is 11.2 Å². The van der Waals surface area contributed by atoms with Gasteiger partial charge in [-0.15, -0.1) is 0 Å². The van der Waals surface area contributed by atoms with E-state index in [1.807, 2.05) is 0 Å². The van der Waals surface area contributed by atoms with E-state index in [1.54, 1.807) is 36.0 Å². The highest BCUT2D eigenvalue weighted by molar-refractivity contribution is 6.31. The van der Waals surface area contributed by atoms with Crippen LogP contribution in [-0.4, -0.2) is 9.78 Å². The van der Waals surface area contributed by atoms with E-state index in [1.165, 1.54) is 0 Å². The zero-order valence-electron chi connectivity index (χ0n) is 8.41. The van der Waals surface area contributed by atoms with Gasteiger partial charge in [-0.1, -0.05) is 23.2 Å². The average Bonchev–Trinajstić information content (AvgIpc) is 2.59. The highest BCUT2D eigenvalue weighted by Crippen LogP contribution is 2.22. The van der Waals surface area contributed by atoms with Crippen molar-refractivity contribution in [2.24, 2.45) is 0 Å². The van der Waals surface area contributed by atoms with Gasteiger partial charge in [-0.25, -0.2) is 4.68 Å². The van der Waals surface area contributed by atoms with E-state index in [0.29, 0.717) is 27.0 Å². The minimum atomic E-state index is 0.503. The molecule has 0 aliphatic rings. The summed E-state index contributed by atoms with van der Waals surface area (Å²) in [7, 11) is 0. The van der Waals surface area contributed by atoms with Crippen LogP contribution in [-0.2, 0) is 0 Å². The Morgan fingerprint density at radius 1 is 1.38 bits per heavy atom. The summed E-state index contributed by atoms with van der Waals surface area (Å²) in [5.41, 5.74) is 1.85. The van der Waals surface area contributed by atoms with Gasteiger partial charge in [0.1, 0.15) is 6.07 Å². The molecule has 0 aliphatic carbocycles. The number of halogens is 2. The van der Waals surface area contributed by atoms with E-state index >= 15 is 0 Å². The Morgan fingerprint density at radius 2 is 2.12 bits per heavy atom. The molecular weight excluding hydrogens is 245 g/mol. The Labute approximate surface area is 103 Å². The van der Waals surface area contributed by atoms with Crippen molar-refractivity contribution >= 4 is 23.2 Å². The van der Waals surface area contributed by atoms with Gasteiger partial charge in [0.25, 0.3) is 0 Å². The van der Waals surface area contributed by atoms with Crippen molar-refractivity contribution in [3.05, 3.63) is 45.7 Å². The summed E-state index contributed by atoms with van der Waals surface area (Å²) in [6.07, 6.45) is 1.66. The lowest BCUT2D eigenvalue weighted by atomic mass is 10.2. The molecular formula is C11H7Cl2N3. The summed E-state index contributed by atoms with van der Waals surface area (Å²) in [4.78, 5) is 0.